The lowest BCUT2D eigenvalue weighted by atomic mass is 10.0. The van der Waals surface area contributed by atoms with Crippen molar-refractivity contribution in [1.82, 2.24) is 0 Å². The quantitative estimate of drug-likeness (QED) is 0.792. The van der Waals surface area contributed by atoms with Crippen LogP contribution in [0.4, 0.5) is 5.69 Å². The van der Waals surface area contributed by atoms with Gasteiger partial charge in [-0.15, -0.1) is 0 Å². The van der Waals surface area contributed by atoms with E-state index in [2.05, 4.69) is 11.4 Å². The highest BCUT2D eigenvalue weighted by Crippen LogP contribution is 2.24. The SMILES string of the molecule is O=C(O)CCc1ccccc1NC1CCCCCC1. The molecular formula is C16H23NO2. The maximum absolute atomic E-state index is 10.7. The molecule has 1 aliphatic carbocycles. The van der Waals surface area contributed by atoms with E-state index in [1.807, 2.05) is 18.2 Å². The minimum atomic E-state index is -0.732. The van der Waals surface area contributed by atoms with Crippen LogP contribution in [-0.4, -0.2) is 17.1 Å². The molecule has 0 saturated heterocycles. The van der Waals surface area contributed by atoms with Gasteiger partial charge in [0.15, 0.2) is 0 Å². The second-order valence-electron chi connectivity index (χ2n) is 5.38. The molecule has 3 heteroatoms. The van der Waals surface area contributed by atoms with E-state index in [4.69, 9.17) is 5.11 Å². The molecule has 1 aromatic carbocycles. The Labute approximate surface area is 115 Å². The smallest absolute Gasteiger partial charge is 0.303 e. The number of carboxylic acids is 1. The van der Waals surface area contributed by atoms with Crippen molar-refractivity contribution in [3.63, 3.8) is 0 Å². The molecule has 1 aromatic rings. The Morgan fingerprint density at radius 3 is 2.53 bits per heavy atom. The first kappa shape index (κ1) is 13.9. The summed E-state index contributed by atoms with van der Waals surface area (Å²) < 4.78 is 0. The highest BCUT2D eigenvalue weighted by molar-refractivity contribution is 5.67. The highest BCUT2D eigenvalue weighted by Gasteiger charge is 2.13. The van der Waals surface area contributed by atoms with Crippen molar-refractivity contribution >= 4 is 11.7 Å². The lowest BCUT2D eigenvalue weighted by Crippen LogP contribution is -2.19. The first-order valence-electron chi connectivity index (χ1n) is 7.32. The summed E-state index contributed by atoms with van der Waals surface area (Å²) in [7, 11) is 0. The number of aliphatic carboxylic acids is 1. The summed E-state index contributed by atoms with van der Waals surface area (Å²) in [6.45, 7) is 0. The van der Waals surface area contributed by atoms with Gasteiger partial charge in [0.2, 0.25) is 0 Å². The van der Waals surface area contributed by atoms with Gasteiger partial charge < -0.3 is 10.4 Å². The molecule has 1 aliphatic rings. The molecule has 3 nitrogen and oxygen atoms in total. The molecule has 0 atom stereocenters. The van der Waals surface area contributed by atoms with Crippen molar-refractivity contribution in [3.8, 4) is 0 Å². The first-order valence-corrected chi connectivity index (χ1v) is 7.32. The van der Waals surface area contributed by atoms with Gasteiger partial charge >= 0.3 is 5.97 Å². The van der Waals surface area contributed by atoms with Crippen LogP contribution >= 0.6 is 0 Å². The molecule has 1 fully saturated rings. The summed E-state index contributed by atoms with van der Waals surface area (Å²) in [5, 5.41) is 12.4. The predicted molar refractivity (Wildman–Crippen MR) is 77.5 cm³/mol. The van der Waals surface area contributed by atoms with Gasteiger partial charge in [0.05, 0.1) is 0 Å². The van der Waals surface area contributed by atoms with E-state index < -0.39 is 5.97 Å². The molecule has 0 unspecified atom stereocenters. The number of carboxylic acid groups (broad SMARTS) is 1. The molecule has 104 valence electrons. The maximum atomic E-state index is 10.7. The Morgan fingerprint density at radius 2 is 1.84 bits per heavy atom. The number of aryl methyl sites for hydroxylation is 1. The third-order valence-corrected chi connectivity index (χ3v) is 3.84. The average Bonchev–Trinajstić information content (AvgIpc) is 2.66. The lowest BCUT2D eigenvalue weighted by molar-refractivity contribution is -0.136. The summed E-state index contributed by atoms with van der Waals surface area (Å²) in [6.07, 6.45) is 8.55. The van der Waals surface area contributed by atoms with E-state index >= 15 is 0 Å². The van der Waals surface area contributed by atoms with E-state index in [1.54, 1.807) is 0 Å². The van der Waals surface area contributed by atoms with Crippen LogP contribution < -0.4 is 5.32 Å². The highest BCUT2D eigenvalue weighted by atomic mass is 16.4. The van der Waals surface area contributed by atoms with Crippen molar-refractivity contribution in [2.24, 2.45) is 0 Å². The fraction of sp³-hybridized carbons (Fsp3) is 0.562. The first-order chi connectivity index (χ1) is 9.25. The average molecular weight is 261 g/mol. The number of benzene rings is 1. The fourth-order valence-corrected chi connectivity index (χ4v) is 2.76. The molecule has 0 heterocycles. The number of para-hydroxylation sites is 1. The normalized spacial score (nSPS) is 16.8. The van der Waals surface area contributed by atoms with Gasteiger partial charge in [0, 0.05) is 18.2 Å². The van der Waals surface area contributed by atoms with Crippen LogP contribution in [0.15, 0.2) is 24.3 Å². The number of hydrogen-bond donors (Lipinski definition) is 2. The van der Waals surface area contributed by atoms with Gasteiger partial charge in [-0.05, 0) is 30.9 Å². The Hall–Kier alpha value is -1.51. The molecule has 2 rings (SSSR count). The Balaban J connectivity index is 1.99. The van der Waals surface area contributed by atoms with Crippen molar-refractivity contribution in [2.45, 2.75) is 57.4 Å². The summed E-state index contributed by atoms with van der Waals surface area (Å²) in [5.74, 6) is -0.732. The van der Waals surface area contributed by atoms with E-state index in [-0.39, 0.29) is 6.42 Å². The van der Waals surface area contributed by atoms with Crippen molar-refractivity contribution in [1.29, 1.82) is 0 Å². The summed E-state index contributed by atoms with van der Waals surface area (Å²) >= 11 is 0. The predicted octanol–water partition coefficient (Wildman–Crippen LogP) is 3.84. The molecule has 0 spiro atoms. The molecule has 2 N–H and O–H groups in total. The zero-order chi connectivity index (χ0) is 13.5. The number of nitrogens with one attached hydrogen (secondary N) is 1. The standard InChI is InChI=1S/C16H23NO2/c18-16(19)12-11-13-7-5-6-10-15(13)17-14-8-3-1-2-4-9-14/h5-7,10,14,17H,1-4,8-9,11-12H2,(H,18,19). The molecule has 0 radical (unpaired) electrons. The molecular weight excluding hydrogens is 238 g/mol. The molecule has 0 amide bonds. The topological polar surface area (TPSA) is 49.3 Å². The lowest BCUT2D eigenvalue weighted by Gasteiger charge is -2.20. The minimum Gasteiger partial charge on any atom is -0.481 e. The van der Waals surface area contributed by atoms with Gasteiger partial charge in [-0.3, -0.25) is 4.79 Å². The molecule has 0 aromatic heterocycles. The van der Waals surface area contributed by atoms with E-state index in [0.717, 1.165) is 11.3 Å². The summed E-state index contributed by atoms with van der Waals surface area (Å²) in [6, 6.07) is 8.65. The van der Waals surface area contributed by atoms with Crippen LogP contribution in [0.1, 0.15) is 50.5 Å². The van der Waals surface area contributed by atoms with Crippen LogP contribution in [0.2, 0.25) is 0 Å². The second kappa shape index (κ2) is 7.17. The minimum absolute atomic E-state index is 0.198. The van der Waals surface area contributed by atoms with E-state index in [9.17, 15) is 4.79 Å². The number of carbonyl (C=O) groups is 1. The zero-order valence-electron chi connectivity index (χ0n) is 11.4. The van der Waals surface area contributed by atoms with Crippen molar-refractivity contribution < 1.29 is 9.90 Å². The molecule has 0 bridgehead atoms. The third-order valence-electron chi connectivity index (χ3n) is 3.84. The van der Waals surface area contributed by atoms with Gasteiger partial charge in [-0.25, -0.2) is 0 Å². The van der Waals surface area contributed by atoms with Gasteiger partial charge in [0.1, 0.15) is 0 Å². The largest absolute Gasteiger partial charge is 0.481 e. The molecule has 19 heavy (non-hydrogen) atoms. The molecule has 0 aliphatic heterocycles. The van der Waals surface area contributed by atoms with Crippen LogP contribution in [-0.2, 0) is 11.2 Å². The van der Waals surface area contributed by atoms with Gasteiger partial charge in [-0.1, -0.05) is 43.9 Å². The van der Waals surface area contributed by atoms with Gasteiger partial charge in [0.25, 0.3) is 0 Å². The number of anilines is 1. The van der Waals surface area contributed by atoms with Gasteiger partial charge in [-0.2, -0.15) is 0 Å². The third kappa shape index (κ3) is 4.58. The van der Waals surface area contributed by atoms with Crippen LogP contribution in [0.25, 0.3) is 0 Å². The van der Waals surface area contributed by atoms with Crippen LogP contribution in [0.3, 0.4) is 0 Å². The Bertz CT molecular complexity index is 409. The number of rotatable bonds is 5. The van der Waals surface area contributed by atoms with E-state index in [1.165, 1.54) is 38.5 Å². The molecule has 1 saturated carbocycles. The van der Waals surface area contributed by atoms with Crippen LogP contribution in [0, 0.1) is 0 Å². The summed E-state index contributed by atoms with van der Waals surface area (Å²) in [5.41, 5.74) is 2.24. The van der Waals surface area contributed by atoms with Crippen molar-refractivity contribution in [2.75, 3.05) is 5.32 Å². The van der Waals surface area contributed by atoms with Crippen molar-refractivity contribution in [3.05, 3.63) is 29.8 Å². The van der Waals surface area contributed by atoms with E-state index in [0.29, 0.717) is 12.5 Å². The second-order valence-corrected chi connectivity index (χ2v) is 5.38. The fourth-order valence-electron chi connectivity index (χ4n) is 2.76. The summed E-state index contributed by atoms with van der Waals surface area (Å²) in [4.78, 5) is 10.7. The zero-order valence-corrected chi connectivity index (χ0v) is 11.4. The maximum Gasteiger partial charge on any atom is 0.303 e. The Morgan fingerprint density at radius 1 is 1.16 bits per heavy atom. The van der Waals surface area contributed by atoms with Crippen LogP contribution in [0.5, 0.6) is 0 Å². The Kier molecular flexibility index (Phi) is 5.25. The number of hydrogen-bond acceptors (Lipinski definition) is 2. The monoisotopic (exact) mass is 261 g/mol.